The van der Waals surface area contributed by atoms with Crippen molar-refractivity contribution in [2.45, 2.75) is 26.7 Å². The fourth-order valence-corrected chi connectivity index (χ4v) is 2.38. The number of carboxylic acids is 1. The van der Waals surface area contributed by atoms with E-state index in [4.69, 9.17) is 0 Å². The number of carbonyl (C=O) groups is 1. The summed E-state index contributed by atoms with van der Waals surface area (Å²) in [5, 5.41) is 9.42. The van der Waals surface area contributed by atoms with Crippen LogP contribution in [0.4, 0.5) is 4.39 Å². The summed E-state index contributed by atoms with van der Waals surface area (Å²) in [6.07, 6.45) is 0.790. The number of benzene rings is 2. The maximum Gasteiger partial charge on any atom is 0.307 e. The first-order valence-electron chi connectivity index (χ1n) is 6.99. The van der Waals surface area contributed by atoms with Crippen LogP contribution < -0.4 is 0 Å². The van der Waals surface area contributed by atoms with Crippen LogP contribution in [0.2, 0.25) is 0 Å². The summed E-state index contributed by atoms with van der Waals surface area (Å²) in [6.45, 7) is 3.87. The van der Waals surface area contributed by atoms with Crippen molar-refractivity contribution >= 4 is 5.97 Å². The molecule has 0 heterocycles. The zero-order chi connectivity index (χ0) is 15.4. The van der Waals surface area contributed by atoms with Crippen LogP contribution in [0.1, 0.15) is 22.3 Å². The molecule has 2 rings (SSSR count). The molecule has 0 aliphatic rings. The van der Waals surface area contributed by atoms with Gasteiger partial charge in [-0.05, 0) is 55.5 Å². The molecule has 0 radical (unpaired) electrons. The van der Waals surface area contributed by atoms with Gasteiger partial charge in [-0.25, -0.2) is 4.39 Å². The summed E-state index contributed by atoms with van der Waals surface area (Å²) in [5.74, 6) is -1.72. The third-order valence-electron chi connectivity index (χ3n) is 3.73. The van der Waals surface area contributed by atoms with Gasteiger partial charge in [0.25, 0.3) is 0 Å². The molecule has 21 heavy (non-hydrogen) atoms. The molecule has 0 spiro atoms. The minimum Gasteiger partial charge on any atom is -0.481 e. The van der Waals surface area contributed by atoms with Crippen molar-refractivity contribution in [3.63, 3.8) is 0 Å². The molecular weight excluding hydrogens is 267 g/mol. The largest absolute Gasteiger partial charge is 0.481 e. The van der Waals surface area contributed by atoms with Crippen LogP contribution in [0.5, 0.6) is 0 Å². The van der Waals surface area contributed by atoms with Gasteiger partial charge >= 0.3 is 5.97 Å². The zero-order valence-electron chi connectivity index (χ0n) is 12.3. The average Bonchev–Trinajstić information content (AvgIpc) is 2.44. The van der Waals surface area contributed by atoms with Crippen molar-refractivity contribution in [1.29, 1.82) is 0 Å². The summed E-state index contributed by atoms with van der Waals surface area (Å²) in [4.78, 5) is 11.5. The minimum atomic E-state index is -0.848. The third-order valence-corrected chi connectivity index (χ3v) is 3.73. The SMILES string of the molecule is Cc1ccc(CC(Cc2cc(F)ccc2C)C(=O)O)cc1. The molecule has 0 amide bonds. The standard InChI is InChI=1S/C18H19FO2/c1-12-3-6-14(7-4-12)9-16(18(20)21)10-15-11-17(19)8-5-13(15)2/h3-8,11,16H,9-10H2,1-2H3,(H,20,21). The topological polar surface area (TPSA) is 37.3 Å². The highest BCUT2D eigenvalue weighted by Gasteiger charge is 2.19. The molecule has 2 nitrogen and oxygen atoms in total. The number of carboxylic acid groups (broad SMARTS) is 1. The maximum absolute atomic E-state index is 13.3. The third kappa shape index (κ3) is 4.15. The van der Waals surface area contributed by atoms with Gasteiger partial charge in [-0.3, -0.25) is 4.79 Å². The molecule has 0 aliphatic carbocycles. The Balaban J connectivity index is 2.17. The Morgan fingerprint density at radius 1 is 1.10 bits per heavy atom. The van der Waals surface area contributed by atoms with E-state index in [0.29, 0.717) is 12.8 Å². The van der Waals surface area contributed by atoms with E-state index >= 15 is 0 Å². The molecule has 1 N–H and O–H groups in total. The molecule has 0 aromatic heterocycles. The van der Waals surface area contributed by atoms with Crippen molar-refractivity contribution in [1.82, 2.24) is 0 Å². The highest BCUT2D eigenvalue weighted by Crippen LogP contribution is 2.19. The summed E-state index contributed by atoms with van der Waals surface area (Å²) >= 11 is 0. The van der Waals surface area contributed by atoms with Gasteiger partial charge < -0.3 is 5.11 Å². The second-order valence-corrected chi connectivity index (χ2v) is 5.50. The van der Waals surface area contributed by atoms with Gasteiger partial charge in [-0.1, -0.05) is 35.9 Å². The van der Waals surface area contributed by atoms with Gasteiger partial charge in [0.2, 0.25) is 0 Å². The number of aryl methyl sites for hydroxylation is 2. The molecule has 1 atom stereocenters. The molecule has 0 saturated heterocycles. The van der Waals surface area contributed by atoms with Crippen molar-refractivity contribution in [3.8, 4) is 0 Å². The van der Waals surface area contributed by atoms with Crippen LogP contribution in [0, 0.1) is 25.6 Å². The van der Waals surface area contributed by atoms with Gasteiger partial charge in [0.05, 0.1) is 5.92 Å². The van der Waals surface area contributed by atoms with Crippen LogP contribution in [0.15, 0.2) is 42.5 Å². The molecule has 1 unspecified atom stereocenters. The Bertz CT molecular complexity index is 632. The number of hydrogen-bond donors (Lipinski definition) is 1. The molecule has 3 heteroatoms. The average molecular weight is 286 g/mol. The van der Waals surface area contributed by atoms with Crippen molar-refractivity contribution in [2.75, 3.05) is 0 Å². The lowest BCUT2D eigenvalue weighted by molar-refractivity contribution is -0.141. The molecule has 2 aromatic rings. The second kappa shape index (κ2) is 6.53. The van der Waals surface area contributed by atoms with Gasteiger partial charge in [0, 0.05) is 0 Å². The molecular formula is C18H19FO2. The van der Waals surface area contributed by atoms with Crippen LogP contribution in [0.3, 0.4) is 0 Å². The van der Waals surface area contributed by atoms with E-state index in [1.165, 1.54) is 12.1 Å². The van der Waals surface area contributed by atoms with Gasteiger partial charge in [0.1, 0.15) is 5.82 Å². The Morgan fingerprint density at radius 3 is 2.38 bits per heavy atom. The number of aliphatic carboxylic acids is 1. The first-order valence-corrected chi connectivity index (χ1v) is 6.99. The summed E-state index contributed by atoms with van der Waals surface area (Å²) in [5.41, 5.74) is 3.81. The molecule has 110 valence electrons. The van der Waals surface area contributed by atoms with E-state index in [9.17, 15) is 14.3 Å². The van der Waals surface area contributed by atoms with E-state index < -0.39 is 11.9 Å². The normalized spacial score (nSPS) is 12.1. The smallest absolute Gasteiger partial charge is 0.307 e. The molecule has 0 fully saturated rings. The van der Waals surface area contributed by atoms with Gasteiger partial charge in [-0.2, -0.15) is 0 Å². The van der Waals surface area contributed by atoms with E-state index in [0.717, 1.165) is 22.3 Å². The summed E-state index contributed by atoms with van der Waals surface area (Å²) in [6, 6.07) is 12.4. The van der Waals surface area contributed by atoms with Crippen molar-refractivity contribution in [3.05, 3.63) is 70.5 Å². The first-order chi connectivity index (χ1) is 9.95. The lowest BCUT2D eigenvalue weighted by Gasteiger charge is -2.14. The maximum atomic E-state index is 13.3. The highest BCUT2D eigenvalue weighted by molar-refractivity contribution is 5.71. The quantitative estimate of drug-likeness (QED) is 0.904. The molecule has 0 bridgehead atoms. The number of hydrogen-bond acceptors (Lipinski definition) is 1. The highest BCUT2D eigenvalue weighted by atomic mass is 19.1. The Labute approximate surface area is 124 Å². The summed E-state index contributed by atoms with van der Waals surface area (Å²) < 4.78 is 13.3. The monoisotopic (exact) mass is 286 g/mol. The van der Waals surface area contributed by atoms with Crippen molar-refractivity contribution < 1.29 is 14.3 Å². The summed E-state index contributed by atoms with van der Waals surface area (Å²) in [7, 11) is 0. The van der Waals surface area contributed by atoms with E-state index in [1.54, 1.807) is 6.07 Å². The fourth-order valence-electron chi connectivity index (χ4n) is 2.38. The molecule has 0 aliphatic heterocycles. The van der Waals surface area contributed by atoms with E-state index in [2.05, 4.69) is 0 Å². The van der Waals surface area contributed by atoms with E-state index in [-0.39, 0.29) is 5.82 Å². The second-order valence-electron chi connectivity index (χ2n) is 5.50. The Hall–Kier alpha value is -2.16. The van der Waals surface area contributed by atoms with Crippen LogP contribution in [0.25, 0.3) is 0 Å². The molecule has 0 saturated carbocycles. The van der Waals surface area contributed by atoms with Gasteiger partial charge in [-0.15, -0.1) is 0 Å². The predicted molar refractivity (Wildman–Crippen MR) is 80.8 cm³/mol. The van der Waals surface area contributed by atoms with Crippen molar-refractivity contribution in [2.24, 2.45) is 5.92 Å². The van der Waals surface area contributed by atoms with Crippen LogP contribution in [-0.2, 0) is 17.6 Å². The Kier molecular flexibility index (Phi) is 4.73. The number of rotatable bonds is 5. The Morgan fingerprint density at radius 2 is 1.76 bits per heavy atom. The first kappa shape index (κ1) is 15.2. The predicted octanol–water partition coefficient (Wildman–Crippen LogP) is 3.93. The van der Waals surface area contributed by atoms with Crippen LogP contribution >= 0.6 is 0 Å². The van der Waals surface area contributed by atoms with E-state index in [1.807, 2.05) is 38.1 Å². The zero-order valence-corrected chi connectivity index (χ0v) is 12.3. The fraction of sp³-hybridized carbons (Fsp3) is 0.278. The lowest BCUT2D eigenvalue weighted by Crippen LogP contribution is -2.19. The lowest BCUT2D eigenvalue weighted by atomic mass is 9.90. The van der Waals surface area contributed by atoms with Crippen LogP contribution in [-0.4, -0.2) is 11.1 Å². The van der Waals surface area contributed by atoms with Gasteiger partial charge in [0.15, 0.2) is 0 Å². The minimum absolute atomic E-state index is 0.324. The number of halogens is 1. The molecule has 2 aromatic carbocycles.